The Morgan fingerprint density at radius 2 is 2.50 bits per heavy atom. The number of rotatable bonds is 5. The number of hydrogen-bond donors (Lipinski definition) is 0. The number of ether oxygens (including phenoxy) is 1. The van der Waals surface area contributed by atoms with E-state index in [2.05, 4.69) is 0 Å². The summed E-state index contributed by atoms with van der Waals surface area (Å²) in [7, 11) is 0. The Balaban J connectivity index is 2.73. The average molecular weight is 196 g/mol. The molecule has 1 heterocycles. The van der Waals surface area contributed by atoms with Crippen LogP contribution in [0.2, 0.25) is 0 Å². The van der Waals surface area contributed by atoms with Crippen LogP contribution >= 0.6 is 0 Å². The van der Waals surface area contributed by atoms with E-state index in [-0.39, 0.29) is 12.4 Å². The molecule has 0 amide bonds. The third-order valence-electron chi connectivity index (χ3n) is 1.85. The zero-order valence-electron chi connectivity index (χ0n) is 7.93. The highest BCUT2D eigenvalue weighted by Crippen LogP contribution is 2.20. The van der Waals surface area contributed by atoms with Crippen molar-refractivity contribution in [3.63, 3.8) is 0 Å². The lowest BCUT2D eigenvalue weighted by atomic mass is 10.00. The van der Waals surface area contributed by atoms with Gasteiger partial charge in [0.1, 0.15) is 6.29 Å². The summed E-state index contributed by atoms with van der Waals surface area (Å²) in [6.45, 7) is 2.04. The molecule has 0 spiro atoms. The molecule has 1 aromatic heterocycles. The van der Waals surface area contributed by atoms with Crippen LogP contribution < -0.4 is 0 Å². The average Bonchev–Trinajstić information content (AvgIpc) is 2.67. The third kappa shape index (κ3) is 2.45. The van der Waals surface area contributed by atoms with Crippen molar-refractivity contribution in [1.82, 2.24) is 0 Å². The quantitative estimate of drug-likeness (QED) is 0.529. The van der Waals surface area contributed by atoms with Crippen LogP contribution in [0, 0.1) is 0 Å². The maximum Gasteiger partial charge on any atom is 0.313 e. The first-order valence-electron chi connectivity index (χ1n) is 4.42. The summed E-state index contributed by atoms with van der Waals surface area (Å²) in [5.41, 5.74) is 0.676. The smallest absolute Gasteiger partial charge is 0.313 e. The van der Waals surface area contributed by atoms with Crippen molar-refractivity contribution in [3.05, 3.63) is 24.2 Å². The molecule has 4 heteroatoms. The number of furan rings is 1. The van der Waals surface area contributed by atoms with Crippen molar-refractivity contribution in [2.45, 2.75) is 19.3 Å². The van der Waals surface area contributed by atoms with Gasteiger partial charge in [-0.2, -0.15) is 0 Å². The summed E-state index contributed by atoms with van der Waals surface area (Å²) in [5.74, 6) is -0.924. The Labute approximate surface area is 81.9 Å². The lowest BCUT2D eigenvalue weighted by Crippen LogP contribution is -2.15. The Morgan fingerprint density at radius 3 is 3.00 bits per heavy atom. The minimum absolute atomic E-state index is 0.123. The van der Waals surface area contributed by atoms with Crippen molar-refractivity contribution in [3.8, 4) is 0 Å². The second kappa shape index (κ2) is 5.21. The Morgan fingerprint density at radius 1 is 1.71 bits per heavy atom. The van der Waals surface area contributed by atoms with Crippen LogP contribution in [0.1, 0.15) is 24.8 Å². The molecular formula is C10H12O4. The molecule has 1 unspecified atom stereocenters. The molecule has 4 nitrogen and oxygen atoms in total. The predicted octanol–water partition coefficient (Wildman–Crippen LogP) is 1.52. The summed E-state index contributed by atoms with van der Waals surface area (Å²) in [5, 5.41) is 0. The number of carbonyl (C=O) groups is 2. The maximum atomic E-state index is 11.4. The van der Waals surface area contributed by atoms with Crippen molar-refractivity contribution in [1.29, 1.82) is 0 Å². The fourth-order valence-corrected chi connectivity index (χ4v) is 1.18. The van der Waals surface area contributed by atoms with E-state index in [1.807, 2.05) is 0 Å². The van der Waals surface area contributed by atoms with E-state index in [0.29, 0.717) is 18.5 Å². The highest BCUT2D eigenvalue weighted by molar-refractivity contribution is 5.80. The first-order chi connectivity index (χ1) is 6.79. The SMILES string of the molecule is CCOC(=O)C(CC=O)c1ccoc1. The fraction of sp³-hybridized carbons (Fsp3) is 0.400. The normalized spacial score (nSPS) is 12.1. The second-order valence-corrected chi connectivity index (χ2v) is 2.76. The van der Waals surface area contributed by atoms with Gasteiger partial charge in [-0.15, -0.1) is 0 Å². The number of aldehydes is 1. The van der Waals surface area contributed by atoms with E-state index >= 15 is 0 Å². The topological polar surface area (TPSA) is 56.5 Å². The molecular weight excluding hydrogens is 184 g/mol. The third-order valence-corrected chi connectivity index (χ3v) is 1.85. The highest BCUT2D eigenvalue weighted by atomic mass is 16.5. The van der Waals surface area contributed by atoms with E-state index < -0.39 is 5.92 Å². The van der Waals surface area contributed by atoms with Gasteiger partial charge in [-0.05, 0) is 13.0 Å². The number of esters is 1. The second-order valence-electron chi connectivity index (χ2n) is 2.76. The van der Waals surface area contributed by atoms with Crippen LogP contribution in [0.15, 0.2) is 23.0 Å². The molecule has 0 saturated carbocycles. The van der Waals surface area contributed by atoms with E-state index in [9.17, 15) is 9.59 Å². The largest absolute Gasteiger partial charge is 0.472 e. The molecule has 1 aromatic rings. The van der Waals surface area contributed by atoms with E-state index in [1.54, 1.807) is 13.0 Å². The van der Waals surface area contributed by atoms with Crippen LogP contribution in [0.25, 0.3) is 0 Å². The Hall–Kier alpha value is -1.58. The zero-order chi connectivity index (χ0) is 10.4. The minimum atomic E-state index is -0.536. The van der Waals surface area contributed by atoms with Crippen LogP contribution in [0.4, 0.5) is 0 Å². The van der Waals surface area contributed by atoms with Gasteiger partial charge >= 0.3 is 5.97 Å². The van der Waals surface area contributed by atoms with Gasteiger partial charge in [-0.25, -0.2) is 0 Å². The summed E-state index contributed by atoms with van der Waals surface area (Å²) in [4.78, 5) is 21.8. The van der Waals surface area contributed by atoms with E-state index in [4.69, 9.17) is 9.15 Å². The minimum Gasteiger partial charge on any atom is -0.472 e. The monoisotopic (exact) mass is 196 g/mol. The molecule has 0 aromatic carbocycles. The van der Waals surface area contributed by atoms with Crippen LogP contribution in [0.3, 0.4) is 0 Å². The van der Waals surface area contributed by atoms with Crippen molar-refractivity contribution in [2.24, 2.45) is 0 Å². The van der Waals surface area contributed by atoms with E-state index in [0.717, 1.165) is 0 Å². The molecule has 0 aliphatic carbocycles. The van der Waals surface area contributed by atoms with Gasteiger partial charge in [0.25, 0.3) is 0 Å². The zero-order valence-corrected chi connectivity index (χ0v) is 7.93. The lowest BCUT2D eigenvalue weighted by molar-refractivity contribution is -0.145. The van der Waals surface area contributed by atoms with Gasteiger partial charge in [0, 0.05) is 12.0 Å². The van der Waals surface area contributed by atoms with Gasteiger partial charge in [-0.1, -0.05) is 0 Å². The fourth-order valence-electron chi connectivity index (χ4n) is 1.18. The van der Waals surface area contributed by atoms with Crippen molar-refractivity contribution >= 4 is 12.3 Å². The van der Waals surface area contributed by atoms with Gasteiger partial charge in [0.15, 0.2) is 0 Å². The molecule has 0 saturated heterocycles. The first-order valence-corrected chi connectivity index (χ1v) is 4.42. The molecule has 0 aliphatic rings. The summed E-state index contributed by atoms with van der Waals surface area (Å²) >= 11 is 0. The maximum absolute atomic E-state index is 11.4. The number of hydrogen-bond acceptors (Lipinski definition) is 4. The lowest BCUT2D eigenvalue weighted by Gasteiger charge is -2.10. The van der Waals surface area contributed by atoms with Crippen LogP contribution in [0.5, 0.6) is 0 Å². The van der Waals surface area contributed by atoms with Crippen molar-refractivity contribution in [2.75, 3.05) is 6.61 Å². The van der Waals surface area contributed by atoms with Crippen LogP contribution in [-0.4, -0.2) is 18.9 Å². The van der Waals surface area contributed by atoms with Gasteiger partial charge in [0.05, 0.1) is 25.1 Å². The molecule has 0 aliphatic heterocycles. The van der Waals surface area contributed by atoms with Crippen molar-refractivity contribution < 1.29 is 18.7 Å². The molecule has 0 fully saturated rings. The molecule has 76 valence electrons. The molecule has 1 atom stereocenters. The molecule has 0 radical (unpaired) electrons. The highest BCUT2D eigenvalue weighted by Gasteiger charge is 2.22. The molecule has 0 bridgehead atoms. The van der Waals surface area contributed by atoms with Gasteiger partial charge in [0.2, 0.25) is 0 Å². The Bertz CT molecular complexity index is 289. The van der Waals surface area contributed by atoms with Gasteiger partial charge < -0.3 is 13.9 Å². The molecule has 14 heavy (non-hydrogen) atoms. The Kier molecular flexibility index (Phi) is 3.91. The summed E-state index contributed by atoms with van der Waals surface area (Å²) < 4.78 is 9.69. The standard InChI is InChI=1S/C10H12O4/c1-2-14-10(12)9(3-5-11)8-4-6-13-7-8/h4-7,9H,2-3H2,1H3. The molecule has 1 rings (SSSR count). The number of carbonyl (C=O) groups excluding carboxylic acids is 2. The van der Waals surface area contributed by atoms with Gasteiger partial charge in [-0.3, -0.25) is 4.79 Å². The summed E-state index contributed by atoms with van der Waals surface area (Å²) in [6, 6.07) is 1.66. The predicted molar refractivity (Wildman–Crippen MR) is 48.8 cm³/mol. The van der Waals surface area contributed by atoms with Crippen LogP contribution in [-0.2, 0) is 14.3 Å². The van der Waals surface area contributed by atoms with E-state index in [1.165, 1.54) is 12.5 Å². The summed E-state index contributed by atoms with van der Waals surface area (Å²) in [6.07, 6.45) is 3.74. The molecule has 0 N–H and O–H groups in total. The first kappa shape index (κ1) is 10.5.